The van der Waals surface area contributed by atoms with E-state index in [-0.39, 0.29) is 5.41 Å². The molecular weight excluding hydrogens is 282 g/mol. The Balaban J connectivity index is 2.53. The van der Waals surface area contributed by atoms with E-state index in [1.54, 1.807) is 0 Å². The second-order valence-corrected chi connectivity index (χ2v) is 7.11. The van der Waals surface area contributed by atoms with E-state index in [9.17, 15) is 0 Å². The second kappa shape index (κ2) is 8.57. The summed E-state index contributed by atoms with van der Waals surface area (Å²) < 4.78 is 0. The van der Waals surface area contributed by atoms with Crippen molar-refractivity contribution in [3.63, 3.8) is 0 Å². The summed E-state index contributed by atoms with van der Waals surface area (Å²) in [5.74, 6) is 1.68. The molecule has 0 bridgehead atoms. The Morgan fingerprint density at radius 2 is 1.62 bits per heavy atom. The maximum Gasteiger partial charge on any atom is 0.137 e. The average molecular weight is 312 g/mol. The Morgan fingerprint density at radius 1 is 1.00 bits per heavy atom. The van der Waals surface area contributed by atoms with Gasteiger partial charge in [0.2, 0.25) is 0 Å². The Kier molecular flexibility index (Phi) is 7.44. The molecule has 0 amide bonds. The van der Waals surface area contributed by atoms with Crippen LogP contribution in [-0.4, -0.2) is 16.5 Å². The molecule has 0 aliphatic rings. The van der Waals surface area contributed by atoms with Crippen molar-refractivity contribution in [1.29, 1.82) is 0 Å². The number of aromatic nitrogens is 2. The van der Waals surface area contributed by atoms with E-state index >= 15 is 0 Å². The van der Waals surface area contributed by atoms with Crippen LogP contribution in [0.3, 0.4) is 0 Å². The zero-order valence-corrected chi connectivity index (χ0v) is 15.0. The fourth-order valence-electron chi connectivity index (χ4n) is 2.11. The standard InChI is InChI=1S/C17H30ClN3/c1-6-7-8-9-10-11-12-19-15-13(2)14(18)20-16(21-15)17(3,4)5/h6-12H2,1-5H3,(H,19,20,21). The van der Waals surface area contributed by atoms with E-state index in [4.69, 9.17) is 11.6 Å². The zero-order valence-electron chi connectivity index (χ0n) is 14.2. The van der Waals surface area contributed by atoms with Gasteiger partial charge in [0, 0.05) is 17.5 Å². The van der Waals surface area contributed by atoms with Crippen molar-refractivity contribution in [2.24, 2.45) is 0 Å². The maximum atomic E-state index is 6.23. The molecule has 0 saturated heterocycles. The van der Waals surface area contributed by atoms with Crippen molar-refractivity contribution in [3.05, 3.63) is 16.5 Å². The molecule has 0 saturated carbocycles. The minimum atomic E-state index is -0.0894. The van der Waals surface area contributed by atoms with E-state index < -0.39 is 0 Å². The molecule has 0 atom stereocenters. The van der Waals surface area contributed by atoms with Crippen LogP contribution < -0.4 is 5.32 Å². The van der Waals surface area contributed by atoms with Crippen LogP contribution in [0.1, 0.15) is 77.6 Å². The number of anilines is 1. The number of halogens is 1. The first-order valence-electron chi connectivity index (χ1n) is 8.14. The Labute approximate surface area is 134 Å². The normalized spacial score (nSPS) is 11.7. The lowest BCUT2D eigenvalue weighted by Crippen LogP contribution is -2.18. The lowest BCUT2D eigenvalue weighted by Gasteiger charge is -2.19. The fraction of sp³-hybridized carbons (Fsp3) is 0.765. The van der Waals surface area contributed by atoms with Crippen molar-refractivity contribution < 1.29 is 0 Å². The van der Waals surface area contributed by atoms with Gasteiger partial charge in [-0.2, -0.15) is 0 Å². The second-order valence-electron chi connectivity index (χ2n) is 6.76. The molecule has 1 rings (SSSR count). The van der Waals surface area contributed by atoms with Gasteiger partial charge in [0.1, 0.15) is 16.8 Å². The van der Waals surface area contributed by atoms with Crippen molar-refractivity contribution in [2.75, 3.05) is 11.9 Å². The van der Waals surface area contributed by atoms with Gasteiger partial charge in [0.05, 0.1) is 0 Å². The predicted octanol–water partition coefficient (Wildman–Crippen LogP) is 5.51. The first kappa shape index (κ1) is 18.2. The molecule has 0 spiro atoms. The highest BCUT2D eigenvalue weighted by Crippen LogP contribution is 2.26. The minimum Gasteiger partial charge on any atom is -0.370 e. The highest BCUT2D eigenvalue weighted by molar-refractivity contribution is 6.30. The minimum absolute atomic E-state index is 0.0894. The molecule has 0 unspecified atom stereocenters. The lowest BCUT2D eigenvalue weighted by molar-refractivity contribution is 0.545. The molecule has 4 heteroatoms. The van der Waals surface area contributed by atoms with Crippen LogP contribution in [-0.2, 0) is 5.41 Å². The summed E-state index contributed by atoms with van der Waals surface area (Å²) in [6, 6.07) is 0. The van der Waals surface area contributed by atoms with E-state index in [1.165, 1.54) is 38.5 Å². The molecule has 3 nitrogen and oxygen atoms in total. The van der Waals surface area contributed by atoms with Gasteiger partial charge in [-0.25, -0.2) is 9.97 Å². The van der Waals surface area contributed by atoms with E-state index in [2.05, 4.69) is 43.0 Å². The predicted molar refractivity (Wildman–Crippen MR) is 92.3 cm³/mol. The fourth-order valence-corrected chi connectivity index (χ4v) is 2.28. The molecule has 1 aromatic rings. The van der Waals surface area contributed by atoms with Crippen LogP contribution in [0.15, 0.2) is 0 Å². The van der Waals surface area contributed by atoms with Crippen molar-refractivity contribution in [1.82, 2.24) is 9.97 Å². The van der Waals surface area contributed by atoms with E-state index in [1.807, 2.05) is 6.92 Å². The molecule has 0 aromatic carbocycles. The maximum absolute atomic E-state index is 6.23. The van der Waals surface area contributed by atoms with Crippen molar-refractivity contribution >= 4 is 17.4 Å². The van der Waals surface area contributed by atoms with Gasteiger partial charge in [-0.1, -0.05) is 71.4 Å². The summed E-state index contributed by atoms with van der Waals surface area (Å²) in [7, 11) is 0. The summed E-state index contributed by atoms with van der Waals surface area (Å²) >= 11 is 6.23. The largest absolute Gasteiger partial charge is 0.370 e. The number of nitrogens with one attached hydrogen (secondary N) is 1. The highest BCUT2D eigenvalue weighted by Gasteiger charge is 2.20. The van der Waals surface area contributed by atoms with Crippen molar-refractivity contribution in [3.8, 4) is 0 Å². The Hall–Kier alpha value is -0.830. The molecule has 1 aromatic heterocycles. The van der Waals surface area contributed by atoms with Crippen molar-refractivity contribution in [2.45, 2.75) is 78.6 Å². The van der Waals surface area contributed by atoms with Gasteiger partial charge in [0.25, 0.3) is 0 Å². The number of hydrogen-bond donors (Lipinski definition) is 1. The van der Waals surface area contributed by atoms with Crippen LogP contribution in [0.2, 0.25) is 5.15 Å². The average Bonchev–Trinajstić information content (AvgIpc) is 2.41. The Bertz CT molecular complexity index is 438. The van der Waals surface area contributed by atoms with Gasteiger partial charge in [0.15, 0.2) is 0 Å². The van der Waals surface area contributed by atoms with E-state index in [0.717, 1.165) is 23.8 Å². The van der Waals surface area contributed by atoms with Gasteiger partial charge < -0.3 is 5.32 Å². The molecular formula is C17H30ClN3. The van der Waals surface area contributed by atoms with Crippen LogP contribution in [0.25, 0.3) is 0 Å². The molecule has 0 radical (unpaired) electrons. The molecule has 0 aliphatic heterocycles. The number of rotatable bonds is 8. The van der Waals surface area contributed by atoms with Gasteiger partial charge in [-0.3, -0.25) is 0 Å². The summed E-state index contributed by atoms with van der Waals surface area (Å²) in [5.41, 5.74) is 0.851. The van der Waals surface area contributed by atoms with Gasteiger partial charge in [-0.15, -0.1) is 0 Å². The summed E-state index contributed by atoms with van der Waals surface area (Å²) in [5, 5.41) is 3.98. The van der Waals surface area contributed by atoms with Gasteiger partial charge in [-0.05, 0) is 13.3 Å². The number of hydrogen-bond acceptors (Lipinski definition) is 3. The quantitative estimate of drug-likeness (QED) is 0.508. The third-order valence-corrected chi connectivity index (χ3v) is 3.95. The SMILES string of the molecule is CCCCCCCCNc1nc(C(C)(C)C)nc(Cl)c1C. The lowest BCUT2D eigenvalue weighted by atomic mass is 9.95. The molecule has 1 heterocycles. The third kappa shape index (κ3) is 6.21. The molecule has 1 N–H and O–H groups in total. The summed E-state index contributed by atoms with van der Waals surface area (Å²) in [6.07, 6.45) is 7.78. The van der Waals surface area contributed by atoms with E-state index in [0.29, 0.717) is 5.15 Å². The first-order valence-corrected chi connectivity index (χ1v) is 8.52. The first-order chi connectivity index (χ1) is 9.86. The monoisotopic (exact) mass is 311 g/mol. The Morgan fingerprint density at radius 3 is 2.24 bits per heavy atom. The highest BCUT2D eigenvalue weighted by atomic mass is 35.5. The summed E-state index contributed by atoms with van der Waals surface area (Å²) in [4.78, 5) is 9.04. The van der Waals surface area contributed by atoms with Crippen LogP contribution in [0.5, 0.6) is 0 Å². The third-order valence-electron chi connectivity index (χ3n) is 3.58. The molecule has 120 valence electrons. The molecule has 0 fully saturated rings. The van der Waals surface area contributed by atoms with Crippen LogP contribution in [0, 0.1) is 6.92 Å². The molecule has 0 aliphatic carbocycles. The van der Waals surface area contributed by atoms with Gasteiger partial charge >= 0.3 is 0 Å². The smallest absolute Gasteiger partial charge is 0.137 e. The number of unbranched alkanes of at least 4 members (excludes halogenated alkanes) is 5. The molecule has 21 heavy (non-hydrogen) atoms. The zero-order chi connectivity index (χ0) is 15.9. The van der Waals surface area contributed by atoms with Crippen LogP contribution >= 0.6 is 11.6 Å². The number of nitrogens with zero attached hydrogens (tertiary/aromatic N) is 2. The summed E-state index contributed by atoms with van der Waals surface area (Å²) in [6.45, 7) is 11.5. The topological polar surface area (TPSA) is 37.8 Å². The van der Waals surface area contributed by atoms with Crippen LogP contribution in [0.4, 0.5) is 5.82 Å².